The number of unbranched alkanes of at least 4 members (excludes halogenated alkanes) is 1. The van der Waals surface area contributed by atoms with Gasteiger partial charge in [-0.05, 0) is 49.3 Å². The van der Waals surface area contributed by atoms with E-state index in [1.807, 2.05) is 6.92 Å². The first kappa shape index (κ1) is 47.0. The summed E-state index contributed by atoms with van der Waals surface area (Å²) >= 11 is 0. The number of hydrogen-bond donors (Lipinski definition) is 0. The van der Waals surface area contributed by atoms with Crippen LogP contribution < -0.4 is 0 Å². The van der Waals surface area contributed by atoms with Crippen LogP contribution in [0.1, 0.15) is 47.0 Å². The van der Waals surface area contributed by atoms with Gasteiger partial charge in [0.15, 0.2) is 0 Å². The Hall–Kier alpha value is -5.04. The van der Waals surface area contributed by atoms with Crippen molar-refractivity contribution in [2.45, 2.75) is 71.1 Å². The Morgan fingerprint density at radius 1 is 0.519 bits per heavy atom. The van der Waals surface area contributed by atoms with Crippen LogP contribution in [0.2, 0.25) is 0 Å². The summed E-state index contributed by atoms with van der Waals surface area (Å²) in [6.07, 6.45) is 1.77. The molecule has 52 heavy (non-hydrogen) atoms. The molecule has 0 saturated heterocycles. The molecule has 0 aromatic rings. The van der Waals surface area contributed by atoms with Gasteiger partial charge in [0.05, 0.1) is 58.3 Å². The summed E-state index contributed by atoms with van der Waals surface area (Å²) < 4.78 is 43.5. The molecule has 0 heterocycles. The maximum absolute atomic E-state index is 12.4. The van der Waals surface area contributed by atoms with E-state index in [-0.39, 0.29) is 79.3 Å². The fourth-order valence-electron chi connectivity index (χ4n) is 3.72. The van der Waals surface area contributed by atoms with Gasteiger partial charge in [0.25, 0.3) is 0 Å². The molecule has 0 radical (unpaired) electrons. The highest BCUT2D eigenvalue weighted by molar-refractivity contribution is 5.76. The average molecular weight is 743 g/mol. The van der Waals surface area contributed by atoms with E-state index in [1.54, 1.807) is 0 Å². The van der Waals surface area contributed by atoms with Crippen molar-refractivity contribution in [3.63, 3.8) is 0 Å². The van der Waals surface area contributed by atoms with E-state index in [4.69, 9.17) is 60.0 Å². The molecule has 290 valence electrons. The maximum Gasteiger partial charge on any atom is 0.314 e. The third-order valence-electron chi connectivity index (χ3n) is 6.51. The van der Waals surface area contributed by atoms with E-state index in [1.165, 1.54) is 20.8 Å². The topological polar surface area (TPSA) is 337 Å². The maximum atomic E-state index is 12.4. The smallest absolute Gasteiger partial charge is 0.314 e. The fraction of sp³-hybridized carbons (Fsp3) is 0.857. The number of nitrogens with zero attached hydrogens (tertiary/aromatic N) is 12. The van der Waals surface area contributed by atoms with Crippen LogP contribution in [-0.2, 0) is 57.1 Å². The van der Waals surface area contributed by atoms with Crippen molar-refractivity contribution in [3.05, 3.63) is 41.8 Å². The summed E-state index contributed by atoms with van der Waals surface area (Å²) in [5.74, 6) is -2.98. The van der Waals surface area contributed by atoms with Gasteiger partial charge in [-0.15, -0.1) is 0 Å². The van der Waals surface area contributed by atoms with Gasteiger partial charge in [0.2, 0.25) is 0 Å². The molecule has 0 aromatic carbocycles. The summed E-state index contributed by atoms with van der Waals surface area (Å²) in [5, 5.41) is 13.3. The van der Waals surface area contributed by atoms with Crippen molar-refractivity contribution >= 4 is 23.9 Å². The normalized spacial score (nSPS) is 13.8. The largest absolute Gasteiger partial charge is 0.463 e. The summed E-state index contributed by atoms with van der Waals surface area (Å²) in [5.41, 5.74) is 33.2. The second-order valence-corrected chi connectivity index (χ2v) is 10.9. The standard InChI is InChI=1S/C28H46N12O12/c1-5-6-7-23(36-40-32)27(44)52-15-11-48-19-28(16-45-8-12-49-24(41)20(2)33-37-29,17-46-9-13-50-25(42)21(3)34-38-30)18-47-10-14-51-26(43)22(4)35-39-31/h20-23H,5-19H2,1-4H3. The minimum Gasteiger partial charge on any atom is -0.463 e. The van der Waals surface area contributed by atoms with Crippen LogP contribution in [0.15, 0.2) is 20.5 Å². The highest BCUT2D eigenvalue weighted by atomic mass is 16.6. The summed E-state index contributed by atoms with van der Waals surface area (Å²) in [6, 6.07) is -4.12. The molecular weight excluding hydrogens is 696 g/mol. The molecule has 0 bridgehead atoms. The summed E-state index contributed by atoms with van der Waals surface area (Å²) in [7, 11) is 0. The number of esters is 4. The highest BCUT2D eigenvalue weighted by Crippen LogP contribution is 2.21. The van der Waals surface area contributed by atoms with Crippen LogP contribution in [0.3, 0.4) is 0 Å². The zero-order valence-corrected chi connectivity index (χ0v) is 29.7. The van der Waals surface area contributed by atoms with E-state index in [9.17, 15) is 19.2 Å². The molecule has 24 nitrogen and oxygen atoms in total. The van der Waals surface area contributed by atoms with Crippen LogP contribution in [-0.4, -0.2) is 127 Å². The SMILES string of the molecule is CCCCC(N=[N+]=[N-])C(=O)OCCOCC(COCCOC(=O)C(C)N=[N+]=[N-])(COCCOC(=O)C(C)N=[N+]=[N-])COCCOC(=O)C(C)N=[N+]=[N-]. The van der Waals surface area contributed by atoms with Gasteiger partial charge in [-0.1, -0.05) is 40.2 Å². The fourth-order valence-corrected chi connectivity index (χ4v) is 3.72. The lowest BCUT2D eigenvalue weighted by Gasteiger charge is -2.33. The Kier molecular flexibility index (Phi) is 26.8. The van der Waals surface area contributed by atoms with Crippen molar-refractivity contribution in [1.82, 2.24) is 0 Å². The van der Waals surface area contributed by atoms with Crippen LogP contribution in [0.25, 0.3) is 41.8 Å². The Bertz CT molecular complexity index is 1190. The predicted molar refractivity (Wildman–Crippen MR) is 178 cm³/mol. The molecule has 0 spiro atoms. The number of ether oxygens (including phenoxy) is 8. The van der Waals surface area contributed by atoms with E-state index in [0.717, 1.165) is 6.42 Å². The number of rotatable bonds is 31. The molecule has 0 aliphatic rings. The van der Waals surface area contributed by atoms with Crippen molar-refractivity contribution in [1.29, 1.82) is 0 Å². The van der Waals surface area contributed by atoms with E-state index in [0.29, 0.717) is 12.8 Å². The second-order valence-electron chi connectivity index (χ2n) is 10.9. The molecule has 0 amide bonds. The van der Waals surface area contributed by atoms with Gasteiger partial charge in [-0.2, -0.15) is 0 Å². The molecule has 4 atom stereocenters. The molecule has 0 rings (SSSR count). The minimum absolute atomic E-state index is 0.0943. The second kappa shape index (κ2) is 29.7. The zero-order valence-electron chi connectivity index (χ0n) is 29.7. The van der Waals surface area contributed by atoms with Crippen molar-refractivity contribution in [2.24, 2.45) is 25.9 Å². The third-order valence-corrected chi connectivity index (χ3v) is 6.51. The highest BCUT2D eigenvalue weighted by Gasteiger charge is 2.33. The number of azide groups is 4. The van der Waals surface area contributed by atoms with E-state index >= 15 is 0 Å². The van der Waals surface area contributed by atoms with Crippen molar-refractivity contribution in [2.75, 3.05) is 79.3 Å². The van der Waals surface area contributed by atoms with E-state index < -0.39 is 53.5 Å². The van der Waals surface area contributed by atoms with Gasteiger partial charge in [0, 0.05) is 19.6 Å². The molecule has 0 aliphatic carbocycles. The Morgan fingerprint density at radius 3 is 1.12 bits per heavy atom. The van der Waals surface area contributed by atoms with Crippen LogP contribution in [0.4, 0.5) is 0 Å². The average Bonchev–Trinajstić information content (AvgIpc) is 3.12. The monoisotopic (exact) mass is 742 g/mol. The number of carbonyl (C=O) groups excluding carboxylic acids is 4. The first-order chi connectivity index (χ1) is 25.0. The van der Waals surface area contributed by atoms with Crippen LogP contribution in [0, 0.1) is 5.41 Å². The molecule has 24 heteroatoms. The Balaban J connectivity index is 5.67. The molecule has 0 saturated carbocycles. The summed E-state index contributed by atoms with van der Waals surface area (Å²) in [4.78, 5) is 58.6. The number of hydrogen-bond acceptors (Lipinski definition) is 16. The van der Waals surface area contributed by atoms with Gasteiger partial charge in [0.1, 0.15) is 50.6 Å². The van der Waals surface area contributed by atoms with Gasteiger partial charge in [-0.3, -0.25) is 19.2 Å². The summed E-state index contributed by atoms with van der Waals surface area (Å²) in [6.45, 7) is 4.39. The van der Waals surface area contributed by atoms with Crippen LogP contribution in [0.5, 0.6) is 0 Å². The third kappa shape index (κ3) is 21.9. The van der Waals surface area contributed by atoms with Crippen LogP contribution >= 0.6 is 0 Å². The van der Waals surface area contributed by atoms with E-state index in [2.05, 4.69) is 40.1 Å². The molecule has 0 N–H and O–H groups in total. The van der Waals surface area contributed by atoms with Crippen molar-refractivity contribution in [3.8, 4) is 0 Å². The molecule has 4 unspecified atom stereocenters. The lowest BCUT2D eigenvalue weighted by Crippen LogP contribution is -2.43. The van der Waals surface area contributed by atoms with Gasteiger partial charge >= 0.3 is 23.9 Å². The molecule has 0 aromatic heterocycles. The molecule has 0 fully saturated rings. The van der Waals surface area contributed by atoms with Gasteiger partial charge in [-0.25, -0.2) is 0 Å². The molecular formula is C28H46N12O12. The molecule has 0 aliphatic heterocycles. The first-order valence-electron chi connectivity index (χ1n) is 16.1. The Morgan fingerprint density at radius 2 is 0.827 bits per heavy atom. The van der Waals surface area contributed by atoms with Crippen molar-refractivity contribution < 1.29 is 57.1 Å². The quantitative estimate of drug-likeness (QED) is 0.0241. The predicted octanol–water partition coefficient (Wildman–Crippen LogP) is 4.18. The minimum atomic E-state index is -1.11. The van der Waals surface area contributed by atoms with Gasteiger partial charge < -0.3 is 37.9 Å². The number of carbonyl (C=O) groups is 4. The zero-order chi connectivity index (χ0) is 39.0. The Labute approximate surface area is 299 Å². The first-order valence-corrected chi connectivity index (χ1v) is 16.1. The lowest BCUT2D eigenvalue weighted by atomic mass is 9.92. The lowest BCUT2D eigenvalue weighted by molar-refractivity contribution is -0.152.